The van der Waals surface area contributed by atoms with E-state index in [1.165, 1.54) is 29.8 Å². The molecule has 32 heavy (non-hydrogen) atoms. The van der Waals surface area contributed by atoms with Crippen LogP contribution >= 0.6 is 11.3 Å². The number of pyridine rings is 2. The zero-order chi connectivity index (χ0) is 22.1. The molecule has 164 valence electrons. The number of fused-ring (bicyclic) bond motifs is 1. The highest BCUT2D eigenvalue weighted by Crippen LogP contribution is 2.31. The van der Waals surface area contributed by atoms with Crippen LogP contribution in [0.3, 0.4) is 0 Å². The van der Waals surface area contributed by atoms with Crippen LogP contribution < -0.4 is 10.2 Å². The summed E-state index contributed by atoms with van der Waals surface area (Å²) in [6.07, 6.45) is 8.07. The number of sulfone groups is 1. The van der Waals surface area contributed by atoms with Gasteiger partial charge >= 0.3 is 0 Å². The molecule has 0 atom stereocenters. The van der Waals surface area contributed by atoms with E-state index in [-0.39, 0.29) is 27.3 Å². The van der Waals surface area contributed by atoms with Gasteiger partial charge in [-0.2, -0.15) is 0 Å². The van der Waals surface area contributed by atoms with Crippen molar-refractivity contribution in [2.24, 2.45) is 0 Å². The number of rotatable bonds is 6. The Hall–Kier alpha value is -3.31. The Morgan fingerprint density at radius 3 is 2.72 bits per heavy atom. The molecule has 0 radical (unpaired) electrons. The van der Waals surface area contributed by atoms with Crippen molar-refractivity contribution in [2.75, 3.05) is 18.0 Å². The van der Waals surface area contributed by atoms with Gasteiger partial charge in [-0.3, -0.25) is 14.8 Å². The van der Waals surface area contributed by atoms with Gasteiger partial charge in [-0.25, -0.2) is 13.4 Å². The van der Waals surface area contributed by atoms with E-state index in [0.29, 0.717) is 11.3 Å². The molecular weight excluding hydrogens is 450 g/mol. The van der Waals surface area contributed by atoms with Crippen molar-refractivity contribution in [1.82, 2.24) is 20.3 Å². The molecule has 0 spiro atoms. The largest absolute Gasteiger partial charge is 0.449 e. The lowest BCUT2D eigenvalue weighted by Crippen LogP contribution is -2.22. The molecule has 9 nitrogen and oxygen atoms in total. The molecule has 0 aromatic carbocycles. The molecule has 0 aliphatic carbocycles. The standard InChI is InChI=1S/C21H19N5O4S2/c27-20(17-9-14-5-6-22-12-18(14)30-17)24-10-15-3-4-16(11-23-15)32(28,29)19-13-25-21(31-19)26-7-1-2-8-26/h3-6,9,11-13H,1-2,7-8,10H2,(H,24,27). The van der Waals surface area contributed by atoms with Crippen LogP contribution in [0.5, 0.6) is 0 Å². The lowest BCUT2D eigenvalue weighted by Gasteiger charge is -2.12. The van der Waals surface area contributed by atoms with Crippen molar-refractivity contribution < 1.29 is 17.6 Å². The first-order valence-electron chi connectivity index (χ1n) is 10.0. The van der Waals surface area contributed by atoms with E-state index in [1.807, 2.05) is 0 Å². The number of hydrogen-bond donors (Lipinski definition) is 1. The molecule has 0 saturated carbocycles. The first kappa shape index (κ1) is 20.6. The van der Waals surface area contributed by atoms with Gasteiger partial charge in [-0.05, 0) is 37.1 Å². The number of aromatic nitrogens is 3. The maximum atomic E-state index is 12.9. The van der Waals surface area contributed by atoms with Gasteiger partial charge in [0.2, 0.25) is 9.84 Å². The summed E-state index contributed by atoms with van der Waals surface area (Å²) < 4.78 is 31.6. The van der Waals surface area contributed by atoms with Crippen LogP contribution in [0.25, 0.3) is 11.0 Å². The second-order valence-corrected chi connectivity index (χ2v) is 10.5. The van der Waals surface area contributed by atoms with Crippen molar-refractivity contribution in [2.45, 2.75) is 28.5 Å². The molecule has 0 bridgehead atoms. The summed E-state index contributed by atoms with van der Waals surface area (Å²) >= 11 is 1.18. The average molecular weight is 470 g/mol. The minimum Gasteiger partial charge on any atom is -0.449 e. The van der Waals surface area contributed by atoms with Gasteiger partial charge in [0, 0.05) is 30.9 Å². The maximum absolute atomic E-state index is 12.9. The van der Waals surface area contributed by atoms with Gasteiger partial charge in [-0.1, -0.05) is 11.3 Å². The molecule has 11 heteroatoms. The van der Waals surface area contributed by atoms with Crippen LogP contribution in [0.2, 0.25) is 0 Å². The number of carbonyl (C=O) groups excluding carboxylic acids is 1. The number of furan rings is 1. The Labute approximate surface area is 188 Å². The lowest BCUT2D eigenvalue weighted by atomic mass is 10.3. The minimum atomic E-state index is -3.69. The number of nitrogens with zero attached hydrogens (tertiary/aromatic N) is 4. The Morgan fingerprint density at radius 1 is 1.12 bits per heavy atom. The minimum absolute atomic E-state index is 0.0917. The first-order chi connectivity index (χ1) is 15.5. The van der Waals surface area contributed by atoms with E-state index in [1.54, 1.807) is 30.6 Å². The van der Waals surface area contributed by atoms with Gasteiger partial charge in [-0.15, -0.1) is 0 Å². The van der Waals surface area contributed by atoms with E-state index < -0.39 is 9.84 Å². The number of hydrogen-bond acceptors (Lipinski definition) is 9. The van der Waals surface area contributed by atoms with E-state index in [0.717, 1.165) is 36.4 Å². The molecule has 4 aromatic rings. The molecule has 1 N–H and O–H groups in total. The number of nitrogens with one attached hydrogen (secondary N) is 1. The molecule has 1 aliphatic heterocycles. The predicted molar refractivity (Wildman–Crippen MR) is 118 cm³/mol. The van der Waals surface area contributed by atoms with Crippen LogP contribution in [-0.2, 0) is 16.4 Å². The predicted octanol–water partition coefficient (Wildman–Crippen LogP) is 3.04. The molecule has 1 fully saturated rings. The van der Waals surface area contributed by atoms with Crippen LogP contribution in [0.15, 0.2) is 62.6 Å². The molecular formula is C21H19N5O4S2. The topological polar surface area (TPSA) is 118 Å². The van der Waals surface area contributed by atoms with E-state index in [2.05, 4.69) is 25.2 Å². The maximum Gasteiger partial charge on any atom is 0.287 e. The highest BCUT2D eigenvalue weighted by molar-refractivity contribution is 7.93. The summed E-state index contributed by atoms with van der Waals surface area (Å²) in [7, 11) is -3.69. The van der Waals surface area contributed by atoms with Gasteiger partial charge in [0.25, 0.3) is 5.91 Å². The third-order valence-corrected chi connectivity index (χ3v) is 8.46. The second-order valence-electron chi connectivity index (χ2n) is 7.35. The third-order valence-electron chi connectivity index (χ3n) is 5.20. The average Bonchev–Trinajstić information content (AvgIpc) is 3.57. The van der Waals surface area contributed by atoms with E-state index in [9.17, 15) is 13.2 Å². The Bertz CT molecular complexity index is 1340. The highest BCUT2D eigenvalue weighted by Gasteiger charge is 2.24. The van der Waals surface area contributed by atoms with Crippen molar-refractivity contribution >= 4 is 43.2 Å². The zero-order valence-electron chi connectivity index (χ0n) is 16.9. The molecule has 1 aliphatic rings. The number of carbonyl (C=O) groups is 1. The number of amides is 1. The fraction of sp³-hybridized carbons (Fsp3) is 0.238. The fourth-order valence-electron chi connectivity index (χ4n) is 3.47. The fourth-order valence-corrected chi connectivity index (χ4v) is 5.99. The third kappa shape index (κ3) is 3.96. The molecule has 4 aromatic heterocycles. The van der Waals surface area contributed by atoms with Crippen LogP contribution in [0, 0.1) is 0 Å². The monoisotopic (exact) mass is 469 g/mol. The van der Waals surface area contributed by atoms with Gasteiger partial charge in [0.05, 0.1) is 29.5 Å². The smallest absolute Gasteiger partial charge is 0.287 e. The highest BCUT2D eigenvalue weighted by atomic mass is 32.2. The van der Waals surface area contributed by atoms with Crippen molar-refractivity contribution in [3.05, 3.63) is 60.5 Å². The summed E-state index contributed by atoms with van der Waals surface area (Å²) in [5.41, 5.74) is 1.05. The summed E-state index contributed by atoms with van der Waals surface area (Å²) in [6, 6.07) is 6.47. The second kappa shape index (κ2) is 8.32. The Kier molecular flexibility index (Phi) is 5.35. The SMILES string of the molecule is O=C(NCc1ccc(S(=O)(=O)c2cnc(N3CCCC3)s2)cn1)c1cc2ccncc2o1. The molecule has 5 rings (SSSR count). The van der Waals surface area contributed by atoms with Gasteiger partial charge in [0.1, 0.15) is 4.21 Å². The van der Waals surface area contributed by atoms with Gasteiger partial charge < -0.3 is 14.6 Å². The number of anilines is 1. The van der Waals surface area contributed by atoms with Crippen molar-refractivity contribution in [3.63, 3.8) is 0 Å². The number of thiazole rings is 1. The van der Waals surface area contributed by atoms with E-state index in [4.69, 9.17) is 4.42 Å². The molecule has 5 heterocycles. The summed E-state index contributed by atoms with van der Waals surface area (Å²) in [6.45, 7) is 1.94. The quantitative estimate of drug-likeness (QED) is 0.458. The van der Waals surface area contributed by atoms with Gasteiger partial charge in [0.15, 0.2) is 16.5 Å². The van der Waals surface area contributed by atoms with Crippen molar-refractivity contribution in [1.29, 1.82) is 0 Å². The molecule has 0 unspecified atom stereocenters. The summed E-state index contributed by atoms with van der Waals surface area (Å²) in [5.74, 6) is -0.218. The Balaban J connectivity index is 1.25. The Morgan fingerprint density at radius 2 is 1.97 bits per heavy atom. The summed E-state index contributed by atoms with van der Waals surface area (Å²) in [5, 5.41) is 4.24. The zero-order valence-corrected chi connectivity index (χ0v) is 18.5. The first-order valence-corrected chi connectivity index (χ1v) is 12.3. The van der Waals surface area contributed by atoms with Crippen molar-refractivity contribution in [3.8, 4) is 0 Å². The molecule has 1 saturated heterocycles. The van der Waals surface area contributed by atoms with E-state index >= 15 is 0 Å². The van der Waals surface area contributed by atoms with Crippen LogP contribution in [0.1, 0.15) is 29.1 Å². The molecule has 1 amide bonds. The summed E-state index contributed by atoms with van der Waals surface area (Å²) in [4.78, 5) is 27.0. The van der Waals surface area contributed by atoms with Crippen LogP contribution in [-0.4, -0.2) is 42.4 Å². The lowest BCUT2D eigenvalue weighted by molar-refractivity contribution is 0.0925. The normalized spacial score (nSPS) is 14.2. The van der Waals surface area contributed by atoms with Crippen LogP contribution in [0.4, 0.5) is 5.13 Å².